The van der Waals surface area contributed by atoms with E-state index in [4.69, 9.17) is 0 Å². The zero-order valence-corrected chi connectivity index (χ0v) is 18.5. The number of aromatic nitrogens is 2. The Labute approximate surface area is 185 Å². The Kier molecular flexibility index (Phi) is 7.51. The van der Waals surface area contributed by atoms with E-state index < -0.39 is 11.9 Å². The number of thiazole rings is 1. The van der Waals surface area contributed by atoms with Gasteiger partial charge in [0.1, 0.15) is 15.7 Å². The molecule has 1 fully saturated rings. The van der Waals surface area contributed by atoms with Gasteiger partial charge < -0.3 is 15.3 Å². The molecule has 1 aliphatic heterocycles. The average Bonchev–Trinajstić information content (AvgIpc) is 3.17. The standard InChI is InChI=1S/C22H26FN5O2S/c1-4-5-15(12-24-3)25-13-17-19(22(29)30)31-21(26-17)16-6-7-18(27-20(16)23)28-10-8-14(2)9-11-28/h4-7,12,14,25H,3,8-11,13H2,1-2H3,(H,29,30)/b5-4-,15-12+. The third-order valence-electron chi connectivity index (χ3n) is 5.10. The van der Waals surface area contributed by atoms with Crippen LogP contribution in [0.5, 0.6) is 0 Å². The van der Waals surface area contributed by atoms with Gasteiger partial charge in [0.2, 0.25) is 5.95 Å². The van der Waals surface area contributed by atoms with Crippen molar-refractivity contribution in [3.8, 4) is 10.6 Å². The maximum Gasteiger partial charge on any atom is 0.347 e. The highest BCUT2D eigenvalue weighted by Gasteiger charge is 2.22. The van der Waals surface area contributed by atoms with Gasteiger partial charge in [0.05, 0.1) is 23.5 Å². The summed E-state index contributed by atoms with van der Waals surface area (Å²) in [5, 5.41) is 12.9. The first-order valence-electron chi connectivity index (χ1n) is 10.1. The number of piperidine rings is 1. The third-order valence-corrected chi connectivity index (χ3v) is 6.22. The van der Waals surface area contributed by atoms with E-state index in [0.717, 1.165) is 37.3 Å². The van der Waals surface area contributed by atoms with Crippen LogP contribution in [0.4, 0.5) is 10.2 Å². The second kappa shape index (κ2) is 10.3. The zero-order chi connectivity index (χ0) is 22.4. The van der Waals surface area contributed by atoms with Gasteiger partial charge in [-0.1, -0.05) is 13.0 Å². The van der Waals surface area contributed by atoms with Crippen molar-refractivity contribution in [2.75, 3.05) is 18.0 Å². The van der Waals surface area contributed by atoms with Crippen LogP contribution in [0.15, 0.2) is 41.2 Å². The highest BCUT2D eigenvalue weighted by Crippen LogP contribution is 2.31. The first-order valence-corrected chi connectivity index (χ1v) is 10.9. The summed E-state index contributed by atoms with van der Waals surface area (Å²) in [6, 6.07) is 3.40. The molecule has 1 saturated heterocycles. The van der Waals surface area contributed by atoms with Crippen molar-refractivity contribution in [3.63, 3.8) is 0 Å². The van der Waals surface area contributed by atoms with Crippen LogP contribution < -0.4 is 10.2 Å². The smallest absolute Gasteiger partial charge is 0.347 e. The van der Waals surface area contributed by atoms with Crippen LogP contribution in [0.3, 0.4) is 0 Å². The minimum atomic E-state index is -1.11. The molecule has 0 spiro atoms. The molecule has 2 N–H and O–H groups in total. The van der Waals surface area contributed by atoms with Crippen molar-refractivity contribution < 1.29 is 14.3 Å². The second-order valence-corrected chi connectivity index (χ2v) is 8.40. The molecule has 3 rings (SSSR count). The van der Waals surface area contributed by atoms with E-state index in [1.165, 1.54) is 6.20 Å². The molecule has 0 bridgehead atoms. The monoisotopic (exact) mass is 443 g/mol. The number of hydrogen-bond donors (Lipinski definition) is 2. The molecule has 31 heavy (non-hydrogen) atoms. The summed E-state index contributed by atoms with van der Waals surface area (Å²) in [6.07, 6.45) is 7.24. The Morgan fingerprint density at radius 2 is 2.16 bits per heavy atom. The molecule has 0 radical (unpaired) electrons. The number of aliphatic imine (C=N–C) groups is 1. The number of allylic oxidation sites excluding steroid dienone is 2. The van der Waals surface area contributed by atoms with Crippen LogP contribution in [0.2, 0.25) is 0 Å². The predicted octanol–water partition coefficient (Wildman–Crippen LogP) is 4.49. The number of carboxylic acids is 1. The van der Waals surface area contributed by atoms with E-state index >= 15 is 0 Å². The van der Waals surface area contributed by atoms with Gasteiger partial charge in [-0.3, -0.25) is 4.99 Å². The normalized spacial score (nSPS) is 15.5. The van der Waals surface area contributed by atoms with Gasteiger partial charge in [-0.15, -0.1) is 11.3 Å². The maximum absolute atomic E-state index is 14.9. The van der Waals surface area contributed by atoms with Crippen molar-refractivity contribution in [2.45, 2.75) is 33.2 Å². The van der Waals surface area contributed by atoms with Crippen molar-refractivity contribution in [3.05, 3.63) is 52.7 Å². The quantitative estimate of drug-likeness (QED) is 0.355. The number of pyridine rings is 1. The Bertz CT molecular complexity index is 1010. The Hall–Kier alpha value is -3.07. The van der Waals surface area contributed by atoms with Crippen LogP contribution in [-0.4, -0.2) is 40.9 Å². The molecule has 0 aliphatic carbocycles. The number of anilines is 1. The molecule has 3 heterocycles. The highest BCUT2D eigenvalue weighted by atomic mass is 32.1. The van der Waals surface area contributed by atoms with Crippen molar-refractivity contribution >= 4 is 29.8 Å². The fraction of sp³-hybridized carbons (Fsp3) is 0.364. The molecule has 0 saturated carbocycles. The number of nitrogens with one attached hydrogen (secondary N) is 1. The van der Waals surface area contributed by atoms with E-state index in [1.54, 1.807) is 18.2 Å². The van der Waals surface area contributed by atoms with E-state index in [-0.39, 0.29) is 22.0 Å². The molecule has 1 aliphatic rings. The highest BCUT2D eigenvalue weighted by molar-refractivity contribution is 7.17. The first-order chi connectivity index (χ1) is 14.9. The van der Waals surface area contributed by atoms with Gasteiger partial charge in [-0.25, -0.2) is 14.8 Å². The summed E-state index contributed by atoms with van der Waals surface area (Å²) in [7, 11) is 0. The molecule has 0 aromatic carbocycles. The Morgan fingerprint density at radius 3 is 2.77 bits per heavy atom. The fourth-order valence-electron chi connectivity index (χ4n) is 3.36. The SMILES string of the molecule is C=N/C=C(\C=C/C)NCc1nc(-c2ccc(N3CCC(C)CC3)nc2F)sc1C(=O)O. The Balaban J connectivity index is 1.84. The minimum absolute atomic E-state index is 0.0578. The van der Waals surface area contributed by atoms with Crippen molar-refractivity contribution in [1.29, 1.82) is 0 Å². The molecule has 0 unspecified atom stereocenters. The first kappa shape index (κ1) is 22.6. The minimum Gasteiger partial charge on any atom is -0.477 e. The maximum atomic E-state index is 14.9. The van der Waals surface area contributed by atoms with Gasteiger partial charge in [0, 0.05) is 19.3 Å². The fourth-order valence-corrected chi connectivity index (χ4v) is 4.30. The predicted molar refractivity (Wildman–Crippen MR) is 122 cm³/mol. The van der Waals surface area contributed by atoms with Crippen LogP contribution in [0.1, 0.15) is 42.1 Å². The summed E-state index contributed by atoms with van der Waals surface area (Å²) >= 11 is 0.937. The number of carbonyl (C=O) groups is 1. The lowest BCUT2D eigenvalue weighted by atomic mass is 9.99. The van der Waals surface area contributed by atoms with Crippen molar-refractivity contribution in [2.24, 2.45) is 10.9 Å². The molecular weight excluding hydrogens is 417 g/mol. The summed E-state index contributed by atoms with van der Waals surface area (Å²) < 4.78 is 14.9. The van der Waals surface area contributed by atoms with Gasteiger partial charge in [0.25, 0.3) is 0 Å². The topological polar surface area (TPSA) is 90.7 Å². The Morgan fingerprint density at radius 1 is 1.42 bits per heavy atom. The van der Waals surface area contributed by atoms with E-state index in [2.05, 4.69) is 38.8 Å². The molecule has 0 atom stereocenters. The van der Waals surface area contributed by atoms with E-state index in [1.807, 2.05) is 13.0 Å². The van der Waals surface area contributed by atoms with E-state index in [9.17, 15) is 14.3 Å². The molecule has 9 heteroatoms. The number of aromatic carboxylic acids is 1. The van der Waals surface area contributed by atoms with Gasteiger partial charge >= 0.3 is 5.97 Å². The molecule has 2 aromatic rings. The van der Waals surface area contributed by atoms with Crippen LogP contribution in [0, 0.1) is 11.9 Å². The number of carboxylic acid groups (broad SMARTS) is 1. The number of rotatable bonds is 8. The van der Waals surface area contributed by atoms with Crippen LogP contribution in [0.25, 0.3) is 10.6 Å². The average molecular weight is 444 g/mol. The van der Waals surface area contributed by atoms with Gasteiger partial charge in [0.15, 0.2) is 0 Å². The summed E-state index contributed by atoms with van der Waals surface area (Å²) in [6.45, 7) is 9.35. The van der Waals surface area contributed by atoms with E-state index in [0.29, 0.717) is 23.1 Å². The van der Waals surface area contributed by atoms with Gasteiger partial charge in [-0.2, -0.15) is 4.39 Å². The summed E-state index contributed by atoms with van der Waals surface area (Å²) in [4.78, 5) is 26.1. The van der Waals surface area contributed by atoms with Crippen LogP contribution in [-0.2, 0) is 6.54 Å². The molecule has 7 nitrogen and oxygen atoms in total. The lowest BCUT2D eigenvalue weighted by molar-refractivity contribution is 0.0700. The molecule has 164 valence electrons. The number of hydrogen-bond acceptors (Lipinski definition) is 7. The molecule has 2 aromatic heterocycles. The van der Waals surface area contributed by atoms with Crippen LogP contribution >= 0.6 is 11.3 Å². The number of nitrogens with zero attached hydrogens (tertiary/aromatic N) is 4. The van der Waals surface area contributed by atoms with Gasteiger partial charge in [-0.05, 0) is 50.6 Å². The summed E-state index contributed by atoms with van der Waals surface area (Å²) in [5.41, 5.74) is 1.18. The second-order valence-electron chi connectivity index (χ2n) is 7.40. The molecule has 0 amide bonds. The van der Waals surface area contributed by atoms with Crippen molar-refractivity contribution in [1.82, 2.24) is 15.3 Å². The molecular formula is C22H26FN5O2S. The largest absolute Gasteiger partial charge is 0.477 e. The summed E-state index contributed by atoms with van der Waals surface area (Å²) in [5.74, 6) is -0.483. The number of halogens is 1. The lowest BCUT2D eigenvalue weighted by Gasteiger charge is -2.31. The zero-order valence-electron chi connectivity index (χ0n) is 17.6. The lowest BCUT2D eigenvalue weighted by Crippen LogP contribution is -2.33. The third kappa shape index (κ3) is 5.55.